The average Bonchev–Trinajstić information content (AvgIpc) is 3.10. The molecule has 29 heavy (non-hydrogen) atoms. The third-order valence-corrected chi connectivity index (χ3v) is 5.12. The molecule has 4 heteroatoms. The van der Waals surface area contributed by atoms with E-state index in [1.807, 2.05) is 61.8 Å². The van der Waals surface area contributed by atoms with Crippen LogP contribution in [-0.4, -0.2) is 9.55 Å². The lowest BCUT2D eigenvalue weighted by molar-refractivity contribution is 0.482. The quantitative estimate of drug-likeness (QED) is 0.437. The third-order valence-electron chi connectivity index (χ3n) is 5.12. The molecule has 0 amide bonds. The van der Waals surface area contributed by atoms with Gasteiger partial charge in [-0.25, -0.2) is 4.98 Å². The number of hydrogen-bond donors (Lipinski definition) is 1. The normalized spacial score (nSPS) is 10.7. The Kier molecular flexibility index (Phi) is 5.34. The molecule has 4 aromatic rings. The summed E-state index contributed by atoms with van der Waals surface area (Å²) in [7, 11) is 2.04. The number of imidazole rings is 1. The van der Waals surface area contributed by atoms with Crippen LogP contribution < -0.4 is 10.1 Å². The number of ether oxygens (including phenoxy) is 1. The Hall–Kier alpha value is -3.53. The highest BCUT2D eigenvalue weighted by Crippen LogP contribution is 2.25. The number of nitrogens with one attached hydrogen (secondary N) is 1. The molecule has 4 rings (SSSR count). The summed E-state index contributed by atoms with van der Waals surface area (Å²) in [4.78, 5) is 4.57. The molecule has 4 nitrogen and oxygen atoms in total. The molecule has 0 radical (unpaired) electrons. The molecule has 0 spiro atoms. The fraction of sp³-hybridized carbons (Fsp3) is 0.160. The SMILES string of the molecule is Cc1ccc(-c2cnc(NCc3cccc(Oc4ccccc4)c3)n2C)cc1C. The Labute approximate surface area is 171 Å². The van der Waals surface area contributed by atoms with Gasteiger partial charge in [0, 0.05) is 19.2 Å². The van der Waals surface area contributed by atoms with Crippen molar-refractivity contribution in [2.45, 2.75) is 20.4 Å². The van der Waals surface area contributed by atoms with Crippen LogP contribution in [-0.2, 0) is 13.6 Å². The standard InChI is InChI=1S/C25H25N3O/c1-18-12-13-21(14-19(18)2)24-17-27-25(28(24)3)26-16-20-8-7-11-23(15-20)29-22-9-5-4-6-10-22/h4-15,17H,16H2,1-3H3,(H,26,27). The van der Waals surface area contributed by atoms with Crippen molar-refractivity contribution in [2.75, 3.05) is 5.32 Å². The van der Waals surface area contributed by atoms with E-state index < -0.39 is 0 Å². The molecule has 0 bridgehead atoms. The van der Waals surface area contributed by atoms with E-state index >= 15 is 0 Å². The molecule has 0 atom stereocenters. The number of rotatable bonds is 6. The molecule has 0 aliphatic carbocycles. The van der Waals surface area contributed by atoms with Gasteiger partial charge in [-0.3, -0.25) is 0 Å². The van der Waals surface area contributed by atoms with Gasteiger partial charge in [0.1, 0.15) is 11.5 Å². The predicted molar refractivity (Wildman–Crippen MR) is 118 cm³/mol. The molecule has 0 fully saturated rings. The van der Waals surface area contributed by atoms with Gasteiger partial charge in [0.25, 0.3) is 0 Å². The summed E-state index contributed by atoms with van der Waals surface area (Å²) in [6.07, 6.45) is 1.92. The van der Waals surface area contributed by atoms with Crippen LogP contribution in [0.25, 0.3) is 11.3 Å². The molecule has 1 aromatic heterocycles. The van der Waals surface area contributed by atoms with Crippen molar-refractivity contribution >= 4 is 5.95 Å². The zero-order chi connectivity index (χ0) is 20.2. The minimum Gasteiger partial charge on any atom is -0.457 e. The lowest BCUT2D eigenvalue weighted by atomic mass is 10.0. The van der Waals surface area contributed by atoms with E-state index in [0.717, 1.165) is 28.7 Å². The molecule has 3 aromatic carbocycles. The van der Waals surface area contributed by atoms with Gasteiger partial charge in [-0.1, -0.05) is 42.5 Å². The number of benzene rings is 3. The number of para-hydroxylation sites is 1. The van der Waals surface area contributed by atoms with Crippen molar-refractivity contribution in [3.8, 4) is 22.8 Å². The van der Waals surface area contributed by atoms with E-state index in [1.165, 1.54) is 16.7 Å². The van der Waals surface area contributed by atoms with E-state index in [9.17, 15) is 0 Å². The van der Waals surface area contributed by atoms with Gasteiger partial charge in [0.05, 0.1) is 11.9 Å². The highest BCUT2D eigenvalue weighted by Gasteiger charge is 2.09. The summed E-state index contributed by atoms with van der Waals surface area (Å²) >= 11 is 0. The fourth-order valence-electron chi connectivity index (χ4n) is 3.27. The van der Waals surface area contributed by atoms with E-state index in [1.54, 1.807) is 0 Å². The van der Waals surface area contributed by atoms with E-state index in [2.05, 4.69) is 53.0 Å². The average molecular weight is 383 g/mol. The topological polar surface area (TPSA) is 39.1 Å². The number of aromatic nitrogens is 2. The summed E-state index contributed by atoms with van der Waals surface area (Å²) in [5.74, 6) is 2.50. The van der Waals surface area contributed by atoms with Crippen molar-refractivity contribution in [2.24, 2.45) is 7.05 Å². The van der Waals surface area contributed by atoms with Crippen LogP contribution in [0.15, 0.2) is 79.0 Å². The Bertz CT molecular complexity index is 1120. The summed E-state index contributed by atoms with van der Waals surface area (Å²) in [5.41, 5.74) is 5.99. The lowest BCUT2D eigenvalue weighted by Crippen LogP contribution is -2.05. The first-order chi connectivity index (χ1) is 14.1. The van der Waals surface area contributed by atoms with Crippen LogP contribution in [0.3, 0.4) is 0 Å². The van der Waals surface area contributed by atoms with Crippen LogP contribution in [0.2, 0.25) is 0 Å². The maximum Gasteiger partial charge on any atom is 0.203 e. The summed E-state index contributed by atoms with van der Waals surface area (Å²) in [6, 6.07) is 24.4. The number of hydrogen-bond acceptors (Lipinski definition) is 3. The van der Waals surface area contributed by atoms with Crippen molar-refractivity contribution < 1.29 is 4.74 Å². The van der Waals surface area contributed by atoms with Crippen molar-refractivity contribution in [3.05, 3.63) is 95.7 Å². The Morgan fingerprint density at radius 1 is 0.862 bits per heavy atom. The zero-order valence-corrected chi connectivity index (χ0v) is 17.0. The Balaban J connectivity index is 1.46. The second-order valence-electron chi connectivity index (χ2n) is 7.24. The van der Waals surface area contributed by atoms with Crippen molar-refractivity contribution in [3.63, 3.8) is 0 Å². The minimum absolute atomic E-state index is 0.670. The zero-order valence-electron chi connectivity index (χ0n) is 17.0. The molecular formula is C25H25N3O. The van der Waals surface area contributed by atoms with E-state index in [4.69, 9.17) is 4.74 Å². The van der Waals surface area contributed by atoms with Gasteiger partial charge in [-0.2, -0.15) is 0 Å². The van der Waals surface area contributed by atoms with Gasteiger partial charge in [0.2, 0.25) is 5.95 Å². The highest BCUT2D eigenvalue weighted by molar-refractivity contribution is 5.63. The van der Waals surface area contributed by atoms with E-state index in [-0.39, 0.29) is 0 Å². The van der Waals surface area contributed by atoms with Gasteiger partial charge in [-0.15, -0.1) is 0 Å². The number of aryl methyl sites for hydroxylation is 2. The lowest BCUT2D eigenvalue weighted by Gasteiger charge is -2.11. The number of anilines is 1. The second kappa shape index (κ2) is 8.23. The summed E-state index contributed by atoms with van der Waals surface area (Å²) in [5, 5.41) is 3.43. The second-order valence-corrected chi connectivity index (χ2v) is 7.24. The maximum atomic E-state index is 5.93. The Morgan fingerprint density at radius 3 is 2.45 bits per heavy atom. The Morgan fingerprint density at radius 2 is 1.66 bits per heavy atom. The van der Waals surface area contributed by atoms with Crippen LogP contribution in [0, 0.1) is 13.8 Å². The molecule has 0 saturated carbocycles. The van der Waals surface area contributed by atoms with E-state index in [0.29, 0.717) is 6.54 Å². The van der Waals surface area contributed by atoms with Gasteiger partial charge in [0.15, 0.2) is 0 Å². The first kappa shape index (κ1) is 18.8. The molecule has 0 aliphatic rings. The minimum atomic E-state index is 0.670. The fourth-order valence-corrected chi connectivity index (χ4v) is 3.27. The summed E-state index contributed by atoms with van der Waals surface area (Å²) in [6.45, 7) is 4.94. The largest absolute Gasteiger partial charge is 0.457 e. The molecule has 0 aliphatic heterocycles. The molecule has 0 unspecified atom stereocenters. The molecule has 146 valence electrons. The van der Waals surface area contributed by atoms with Gasteiger partial charge in [-0.05, 0) is 60.9 Å². The summed E-state index contributed by atoms with van der Waals surface area (Å²) < 4.78 is 8.02. The van der Waals surface area contributed by atoms with Crippen molar-refractivity contribution in [1.82, 2.24) is 9.55 Å². The highest BCUT2D eigenvalue weighted by atomic mass is 16.5. The molecule has 0 saturated heterocycles. The van der Waals surface area contributed by atoms with Gasteiger partial charge < -0.3 is 14.6 Å². The van der Waals surface area contributed by atoms with Crippen LogP contribution in [0.4, 0.5) is 5.95 Å². The predicted octanol–water partition coefficient (Wildman–Crippen LogP) is 6.11. The van der Waals surface area contributed by atoms with Crippen LogP contribution in [0.5, 0.6) is 11.5 Å². The smallest absolute Gasteiger partial charge is 0.203 e. The first-order valence-electron chi connectivity index (χ1n) is 9.75. The van der Waals surface area contributed by atoms with Crippen LogP contribution >= 0.6 is 0 Å². The van der Waals surface area contributed by atoms with Crippen LogP contribution in [0.1, 0.15) is 16.7 Å². The molecular weight excluding hydrogens is 358 g/mol. The molecule has 1 heterocycles. The van der Waals surface area contributed by atoms with Crippen molar-refractivity contribution in [1.29, 1.82) is 0 Å². The third kappa shape index (κ3) is 4.32. The maximum absolute atomic E-state index is 5.93. The monoisotopic (exact) mass is 383 g/mol. The van der Waals surface area contributed by atoms with Gasteiger partial charge >= 0.3 is 0 Å². The first-order valence-corrected chi connectivity index (χ1v) is 9.75. The number of nitrogens with zero attached hydrogens (tertiary/aromatic N) is 2. The molecule has 1 N–H and O–H groups in total.